The summed E-state index contributed by atoms with van der Waals surface area (Å²) >= 11 is 0. The predicted octanol–water partition coefficient (Wildman–Crippen LogP) is 4.20. The first-order valence-corrected chi connectivity index (χ1v) is 11.0. The third kappa shape index (κ3) is 5.79. The molecule has 0 spiro atoms. The Kier molecular flexibility index (Phi) is 7.04. The molecule has 1 fully saturated rings. The molecular formula is C26H24F3N3O3. The molecule has 1 aliphatic heterocycles. The zero-order valence-electron chi connectivity index (χ0n) is 19.0. The number of hydrogen-bond acceptors (Lipinski definition) is 4. The number of rotatable bonds is 6. The Morgan fingerprint density at radius 3 is 2.46 bits per heavy atom. The zero-order valence-corrected chi connectivity index (χ0v) is 19.0. The summed E-state index contributed by atoms with van der Waals surface area (Å²) < 4.78 is 43.8. The van der Waals surface area contributed by atoms with E-state index in [9.17, 15) is 22.8 Å². The minimum absolute atomic E-state index is 0.00510. The largest absolute Gasteiger partial charge is 0.497 e. The van der Waals surface area contributed by atoms with Gasteiger partial charge in [0.15, 0.2) is 0 Å². The average Bonchev–Trinajstić information content (AvgIpc) is 2.86. The number of piperazine rings is 1. The predicted molar refractivity (Wildman–Crippen MR) is 123 cm³/mol. The molecule has 1 aromatic heterocycles. The molecular weight excluding hydrogens is 459 g/mol. The Balaban J connectivity index is 1.57. The summed E-state index contributed by atoms with van der Waals surface area (Å²) in [7, 11) is 1.57. The van der Waals surface area contributed by atoms with Crippen molar-refractivity contribution in [2.24, 2.45) is 0 Å². The van der Waals surface area contributed by atoms with Crippen molar-refractivity contribution in [3.63, 3.8) is 0 Å². The second kappa shape index (κ2) is 10.2. The van der Waals surface area contributed by atoms with Gasteiger partial charge in [-0.3, -0.25) is 14.6 Å². The molecule has 0 unspecified atom stereocenters. The quantitative estimate of drug-likeness (QED) is 0.527. The van der Waals surface area contributed by atoms with Crippen LogP contribution in [-0.4, -0.2) is 52.8 Å². The van der Waals surface area contributed by atoms with Crippen molar-refractivity contribution in [3.05, 3.63) is 95.3 Å². The molecule has 6 nitrogen and oxygen atoms in total. The van der Waals surface area contributed by atoms with Gasteiger partial charge in [-0.25, -0.2) is 0 Å². The molecule has 0 N–H and O–H groups in total. The van der Waals surface area contributed by atoms with Gasteiger partial charge in [0, 0.05) is 19.3 Å². The molecule has 2 amide bonds. The Bertz CT molecular complexity index is 1180. The Morgan fingerprint density at radius 2 is 1.80 bits per heavy atom. The molecule has 1 atom stereocenters. The molecule has 0 aliphatic carbocycles. The maximum absolute atomic E-state index is 13.2. The van der Waals surface area contributed by atoms with E-state index in [1.807, 2.05) is 54.6 Å². The van der Waals surface area contributed by atoms with E-state index in [1.165, 1.54) is 4.90 Å². The van der Waals surface area contributed by atoms with Gasteiger partial charge in [-0.2, -0.15) is 13.2 Å². The molecule has 2 aromatic carbocycles. The van der Waals surface area contributed by atoms with E-state index < -0.39 is 17.8 Å². The van der Waals surface area contributed by atoms with Gasteiger partial charge in [0.1, 0.15) is 18.0 Å². The van der Waals surface area contributed by atoms with Crippen molar-refractivity contribution >= 4 is 11.8 Å². The number of alkyl halides is 3. The summed E-state index contributed by atoms with van der Waals surface area (Å²) in [4.78, 5) is 32.8. The van der Waals surface area contributed by atoms with Crippen LogP contribution in [0.25, 0.3) is 0 Å². The van der Waals surface area contributed by atoms with Crippen LogP contribution < -0.4 is 4.74 Å². The van der Waals surface area contributed by atoms with Crippen molar-refractivity contribution in [3.8, 4) is 5.75 Å². The van der Waals surface area contributed by atoms with Crippen LogP contribution in [0, 0.1) is 0 Å². The number of hydrogen-bond donors (Lipinski definition) is 0. The van der Waals surface area contributed by atoms with E-state index in [0.29, 0.717) is 18.7 Å². The molecule has 9 heteroatoms. The number of carbonyl (C=O) groups is 2. The molecule has 4 rings (SSSR count). The third-order valence-electron chi connectivity index (χ3n) is 5.91. The maximum Gasteiger partial charge on any atom is 0.433 e. The van der Waals surface area contributed by atoms with Gasteiger partial charge in [0.05, 0.1) is 18.7 Å². The van der Waals surface area contributed by atoms with Gasteiger partial charge in [-0.05, 0) is 41.8 Å². The lowest BCUT2D eigenvalue weighted by atomic mass is 10.00. The number of halogens is 3. The SMILES string of the molecule is COc1cccc(CN2C(=O)CN(C(=O)c3ccc(C(F)(F)F)nc3)C[C@@H]2Cc2ccccc2)c1. The Labute approximate surface area is 200 Å². The van der Waals surface area contributed by atoms with Gasteiger partial charge in [0.25, 0.3) is 5.91 Å². The molecule has 2 heterocycles. The second-order valence-electron chi connectivity index (χ2n) is 8.33. The third-order valence-corrected chi connectivity index (χ3v) is 5.91. The highest BCUT2D eigenvalue weighted by Crippen LogP contribution is 2.28. The first-order valence-electron chi connectivity index (χ1n) is 11.0. The number of carbonyl (C=O) groups excluding carboxylic acids is 2. The number of amides is 2. The number of benzene rings is 2. The highest BCUT2D eigenvalue weighted by Gasteiger charge is 2.36. The first kappa shape index (κ1) is 24.3. The molecule has 1 saturated heterocycles. The zero-order chi connectivity index (χ0) is 25.0. The lowest BCUT2D eigenvalue weighted by molar-refractivity contribution is -0.141. The lowest BCUT2D eigenvalue weighted by Gasteiger charge is -2.41. The van der Waals surface area contributed by atoms with Gasteiger partial charge in [-0.15, -0.1) is 0 Å². The van der Waals surface area contributed by atoms with Crippen LogP contribution >= 0.6 is 0 Å². The summed E-state index contributed by atoms with van der Waals surface area (Å²) in [6.45, 7) is 0.414. The Morgan fingerprint density at radius 1 is 1.06 bits per heavy atom. The van der Waals surface area contributed by atoms with E-state index in [-0.39, 0.29) is 30.6 Å². The standard InChI is InChI=1S/C26H24F3N3O3/c1-35-22-9-5-8-19(13-22)15-32-21(12-18-6-3-2-4-7-18)16-31(17-24(32)33)25(34)20-10-11-23(30-14-20)26(27,28)29/h2-11,13-14,21H,12,15-17H2,1H3/t21-/m0/s1. The van der Waals surface area contributed by atoms with Crippen molar-refractivity contribution in [1.82, 2.24) is 14.8 Å². The van der Waals surface area contributed by atoms with Crippen molar-refractivity contribution in [1.29, 1.82) is 0 Å². The van der Waals surface area contributed by atoms with Gasteiger partial charge in [0.2, 0.25) is 5.91 Å². The van der Waals surface area contributed by atoms with Crippen molar-refractivity contribution in [2.75, 3.05) is 20.2 Å². The van der Waals surface area contributed by atoms with Gasteiger partial charge >= 0.3 is 6.18 Å². The summed E-state index contributed by atoms with van der Waals surface area (Å²) in [5.74, 6) is -0.0925. The van der Waals surface area contributed by atoms with Gasteiger partial charge in [-0.1, -0.05) is 42.5 Å². The van der Waals surface area contributed by atoms with Crippen molar-refractivity contribution in [2.45, 2.75) is 25.2 Å². The van der Waals surface area contributed by atoms with Crippen LogP contribution in [0.5, 0.6) is 5.75 Å². The lowest BCUT2D eigenvalue weighted by Crippen LogP contribution is -2.58. The van der Waals surface area contributed by atoms with Crippen LogP contribution in [0.1, 0.15) is 27.2 Å². The summed E-state index contributed by atoms with van der Waals surface area (Å²) in [5, 5.41) is 0. The first-order chi connectivity index (χ1) is 16.7. The van der Waals surface area contributed by atoms with Crippen LogP contribution in [0.3, 0.4) is 0 Å². The fourth-order valence-electron chi connectivity index (χ4n) is 4.15. The fraction of sp³-hybridized carbons (Fsp3) is 0.269. The van der Waals surface area contributed by atoms with Crippen molar-refractivity contribution < 1.29 is 27.5 Å². The monoisotopic (exact) mass is 483 g/mol. The number of methoxy groups -OCH3 is 1. The minimum Gasteiger partial charge on any atom is -0.497 e. The number of ether oxygens (including phenoxy) is 1. The molecule has 0 saturated carbocycles. The highest BCUT2D eigenvalue weighted by molar-refractivity contribution is 5.97. The van der Waals surface area contributed by atoms with E-state index in [0.717, 1.165) is 29.5 Å². The van der Waals surface area contributed by atoms with E-state index in [2.05, 4.69) is 4.98 Å². The molecule has 35 heavy (non-hydrogen) atoms. The molecule has 3 aromatic rings. The topological polar surface area (TPSA) is 62.7 Å². The van der Waals surface area contributed by atoms with Crippen LogP contribution in [0.4, 0.5) is 13.2 Å². The molecule has 0 bridgehead atoms. The normalized spacial score (nSPS) is 16.3. The molecule has 0 radical (unpaired) electrons. The van der Waals surface area contributed by atoms with E-state index in [1.54, 1.807) is 12.0 Å². The number of pyridine rings is 1. The summed E-state index contributed by atoms with van der Waals surface area (Å²) in [5.41, 5.74) is 0.828. The summed E-state index contributed by atoms with van der Waals surface area (Å²) in [6, 6.07) is 18.6. The maximum atomic E-state index is 13.2. The van der Waals surface area contributed by atoms with Gasteiger partial charge < -0.3 is 14.5 Å². The number of nitrogens with zero attached hydrogens (tertiary/aromatic N) is 3. The highest BCUT2D eigenvalue weighted by atomic mass is 19.4. The van der Waals surface area contributed by atoms with Crippen LogP contribution in [-0.2, 0) is 23.9 Å². The fourth-order valence-corrected chi connectivity index (χ4v) is 4.15. The average molecular weight is 483 g/mol. The Hall–Kier alpha value is -3.88. The second-order valence-corrected chi connectivity index (χ2v) is 8.33. The number of aromatic nitrogens is 1. The summed E-state index contributed by atoms with van der Waals surface area (Å²) in [6.07, 6.45) is -3.17. The minimum atomic E-state index is -4.59. The smallest absolute Gasteiger partial charge is 0.433 e. The van der Waals surface area contributed by atoms with E-state index >= 15 is 0 Å². The molecule has 182 valence electrons. The van der Waals surface area contributed by atoms with Crippen LogP contribution in [0.2, 0.25) is 0 Å². The van der Waals surface area contributed by atoms with E-state index in [4.69, 9.17) is 4.74 Å². The molecule has 1 aliphatic rings. The van der Waals surface area contributed by atoms with Crippen LogP contribution in [0.15, 0.2) is 72.9 Å².